The lowest BCUT2D eigenvalue weighted by Gasteiger charge is -2.50. The van der Waals surface area contributed by atoms with Crippen molar-refractivity contribution in [1.82, 2.24) is 14.9 Å². The molecule has 1 aliphatic heterocycles. The topological polar surface area (TPSA) is 46.1 Å². The van der Waals surface area contributed by atoms with E-state index in [9.17, 15) is 4.79 Å². The molecule has 1 aromatic rings. The monoisotopic (exact) mass is 335 g/mol. The Balaban J connectivity index is 1.41. The summed E-state index contributed by atoms with van der Waals surface area (Å²) in [4.78, 5) is 22.4. The molecule has 0 radical (unpaired) electrons. The number of carbonyl (C=O) groups excluding carboxylic acids is 1. The molecule has 0 N–H and O–H groups in total. The molecule has 2 heterocycles. The number of allylic oxidation sites excluding steroid dienone is 4. The first-order valence-corrected chi connectivity index (χ1v) is 9.66. The molecule has 25 heavy (non-hydrogen) atoms. The van der Waals surface area contributed by atoms with Gasteiger partial charge in [0, 0.05) is 43.0 Å². The van der Waals surface area contributed by atoms with Gasteiger partial charge in [-0.2, -0.15) is 0 Å². The maximum Gasteiger partial charge on any atom is 0.226 e. The van der Waals surface area contributed by atoms with Crippen LogP contribution in [0.2, 0.25) is 0 Å². The van der Waals surface area contributed by atoms with Crippen molar-refractivity contribution in [3.63, 3.8) is 0 Å². The molecule has 2 fully saturated rings. The largest absolute Gasteiger partial charge is 0.319 e. The van der Waals surface area contributed by atoms with E-state index in [0.29, 0.717) is 17.7 Å². The minimum Gasteiger partial charge on any atom is -0.319 e. The molecule has 1 amide bonds. The van der Waals surface area contributed by atoms with E-state index < -0.39 is 0 Å². The van der Waals surface area contributed by atoms with Gasteiger partial charge in [-0.3, -0.25) is 4.79 Å². The first-order chi connectivity index (χ1) is 12.2. The summed E-state index contributed by atoms with van der Waals surface area (Å²) in [5, 5.41) is 0. The summed E-state index contributed by atoms with van der Waals surface area (Å²) in [6.07, 6.45) is 17.1. The number of likely N-dealkylation sites (tertiary alicyclic amines) is 1. The summed E-state index contributed by atoms with van der Waals surface area (Å²) in [7, 11) is 1.97. The quantitative estimate of drug-likeness (QED) is 0.786. The molecule has 0 spiro atoms. The normalized spacial score (nSPS) is 36.9. The van der Waals surface area contributed by atoms with Crippen molar-refractivity contribution in [1.29, 1.82) is 0 Å². The van der Waals surface area contributed by atoms with Gasteiger partial charge in [0.2, 0.25) is 5.91 Å². The molecule has 4 aliphatic rings. The zero-order valence-corrected chi connectivity index (χ0v) is 14.8. The van der Waals surface area contributed by atoms with Crippen LogP contribution in [-0.2, 0) is 4.79 Å². The van der Waals surface area contributed by atoms with Gasteiger partial charge in [0.05, 0.1) is 0 Å². The van der Waals surface area contributed by atoms with E-state index in [1.165, 1.54) is 36.1 Å². The fourth-order valence-electron chi connectivity index (χ4n) is 6.15. The summed E-state index contributed by atoms with van der Waals surface area (Å²) < 4.78 is 0. The van der Waals surface area contributed by atoms with Crippen molar-refractivity contribution in [3.8, 4) is 0 Å². The number of carbonyl (C=O) groups is 1. The minimum atomic E-state index is 0.295. The maximum atomic E-state index is 12.1. The third kappa shape index (κ3) is 2.30. The molecule has 3 aliphatic carbocycles. The molecule has 1 saturated heterocycles. The Morgan fingerprint density at radius 2 is 1.76 bits per heavy atom. The zero-order chi connectivity index (χ0) is 17.0. The van der Waals surface area contributed by atoms with Gasteiger partial charge >= 0.3 is 0 Å². The van der Waals surface area contributed by atoms with Crippen LogP contribution in [0.5, 0.6) is 0 Å². The molecular weight excluding hydrogens is 310 g/mol. The van der Waals surface area contributed by atoms with Crippen LogP contribution in [0.3, 0.4) is 0 Å². The van der Waals surface area contributed by atoms with Gasteiger partial charge in [-0.15, -0.1) is 0 Å². The maximum absolute atomic E-state index is 12.1. The number of aromatic nitrogens is 2. The lowest BCUT2D eigenvalue weighted by Crippen LogP contribution is -2.45. The van der Waals surface area contributed by atoms with Crippen LogP contribution in [-0.4, -0.2) is 27.8 Å². The Bertz CT molecular complexity index is 754. The summed E-state index contributed by atoms with van der Waals surface area (Å²) in [6, 6.07) is 0. The number of fused-ring (bicyclic) bond motifs is 5. The standard InChI is InChI=1S/C21H25N3O/c1-24-20-8-6-17-16-3-2-14(13-10-22-12-23-11-13)15(16)4-5-18(17)19(20)7-9-21(24)25/h2,8,10-12,15-19H,3-7,9H2,1H3. The van der Waals surface area contributed by atoms with Gasteiger partial charge in [-0.05, 0) is 61.3 Å². The number of nitrogens with zero attached hydrogens (tertiary/aromatic N) is 3. The summed E-state index contributed by atoms with van der Waals surface area (Å²) >= 11 is 0. The highest BCUT2D eigenvalue weighted by molar-refractivity contribution is 5.79. The van der Waals surface area contributed by atoms with Crippen LogP contribution in [0.1, 0.15) is 44.1 Å². The fourth-order valence-corrected chi connectivity index (χ4v) is 6.15. The predicted molar refractivity (Wildman–Crippen MR) is 96.0 cm³/mol. The first-order valence-electron chi connectivity index (χ1n) is 9.66. The van der Waals surface area contributed by atoms with Crippen molar-refractivity contribution in [2.24, 2.45) is 29.6 Å². The number of hydrogen-bond acceptors (Lipinski definition) is 3. The van der Waals surface area contributed by atoms with Gasteiger partial charge in [-0.1, -0.05) is 12.2 Å². The Morgan fingerprint density at radius 3 is 2.60 bits per heavy atom. The van der Waals surface area contributed by atoms with Crippen molar-refractivity contribution in [2.45, 2.75) is 38.5 Å². The van der Waals surface area contributed by atoms with Crippen LogP contribution in [0, 0.1) is 29.6 Å². The van der Waals surface area contributed by atoms with E-state index in [0.717, 1.165) is 37.0 Å². The van der Waals surface area contributed by atoms with Crippen LogP contribution >= 0.6 is 0 Å². The number of hydrogen-bond donors (Lipinski definition) is 0. The molecule has 0 aromatic carbocycles. The van der Waals surface area contributed by atoms with Gasteiger partial charge in [0.1, 0.15) is 6.33 Å². The van der Waals surface area contributed by atoms with E-state index in [4.69, 9.17) is 0 Å². The van der Waals surface area contributed by atoms with E-state index in [-0.39, 0.29) is 0 Å². The SMILES string of the molecule is CN1C(=O)CCC2C1=CCC1C3CC=C(c4cncnc4)C3CCC21. The highest BCUT2D eigenvalue weighted by Crippen LogP contribution is 2.57. The third-order valence-electron chi connectivity index (χ3n) is 7.26. The molecule has 4 nitrogen and oxygen atoms in total. The average molecular weight is 335 g/mol. The molecule has 1 saturated carbocycles. The second kappa shape index (κ2) is 5.79. The van der Waals surface area contributed by atoms with Crippen molar-refractivity contribution in [3.05, 3.63) is 42.1 Å². The molecule has 5 rings (SSSR count). The van der Waals surface area contributed by atoms with Crippen LogP contribution < -0.4 is 0 Å². The number of amides is 1. The smallest absolute Gasteiger partial charge is 0.226 e. The number of piperidine rings is 1. The number of rotatable bonds is 1. The lowest BCUT2D eigenvalue weighted by atomic mass is 9.58. The van der Waals surface area contributed by atoms with E-state index >= 15 is 0 Å². The molecule has 5 atom stereocenters. The zero-order valence-electron chi connectivity index (χ0n) is 14.8. The average Bonchev–Trinajstić information content (AvgIpc) is 3.09. The Morgan fingerprint density at radius 1 is 0.960 bits per heavy atom. The Hall–Kier alpha value is -1.97. The van der Waals surface area contributed by atoms with Crippen molar-refractivity contribution >= 4 is 11.5 Å². The van der Waals surface area contributed by atoms with E-state index in [1.807, 2.05) is 24.3 Å². The van der Waals surface area contributed by atoms with E-state index in [2.05, 4.69) is 22.1 Å². The molecule has 130 valence electrons. The highest BCUT2D eigenvalue weighted by Gasteiger charge is 2.48. The van der Waals surface area contributed by atoms with Gasteiger partial charge in [0.15, 0.2) is 0 Å². The highest BCUT2D eigenvalue weighted by atomic mass is 16.2. The van der Waals surface area contributed by atoms with Crippen molar-refractivity contribution in [2.75, 3.05) is 7.05 Å². The van der Waals surface area contributed by atoms with Crippen LogP contribution in [0.15, 0.2) is 36.6 Å². The summed E-state index contributed by atoms with van der Waals surface area (Å²) in [6.45, 7) is 0. The van der Waals surface area contributed by atoms with Crippen LogP contribution in [0.25, 0.3) is 5.57 Å². The molecule has 0 bridgehead atoms. The Labute approximate surface area is 149 Å². The van der Waals surface area contributed by atoms with Gasteiger partial charge in [-0.25, -0.2) is 9.97 Å². The fraction of sp³-hybridized carbons (Fsp3) is 0.571. The van der Waals surface area contributed by atoms with Gasteiger partial charge in [0.25, 0.3) is 0 Å². The predicted octanol–water partition coefficient (Wildman–Crippen LogP) is 3.68. The van der Waals surface area contributed by atoms with Gasteiger partial charge < -0.3 is 4.90 Å². The lowest BCUT2D eigenvalue weighted by molar-refractivity contribution is -0.131. The minimum absolute atomic E-state index is 0.295. The first kappa shape index (κ1) is 15.3. The molecule has 5 unspecified atom stereocenters. The summed E-state index contributed by atoms with van der Waals surface area (Å²) in [5.41, 5.74) is 4.01. The summed E-state index contributed by atoms with van der Waals surface area (Å²) in [5.74, 6) is 3.86. The molecule has 4 heteroatoms. The third-order valence-corrected chi connectivity index (χ3v) is 7.26. The Kier molecular flexibility index (Phi) is 3.54. The molecular formula is C21H25N3O. The second-order valence-corrected chi connectivity index (χ2v) is 8.16. The molecule has 1 aromatic heterocycles. The van der Waals surface area contributed by atoms with E-state index in [1.54, 1.807) is 6.33 Å². The van der Waals surface area contributed by atoms with Crippen molar-refractivity contribution < 1.29 is 4.79 Å². The second-order valence-electron chi connectivity index (χ2n) is 8.16. The van der Waals surface area contributed by atoms with Crippen LogP contribution in [0.4, 0.5) is 0 Å².